The SMILES string of the molecule is Cc1ccc(OC(C)C(=O)NCCSC(C)(C)C)c(C)c1. The van der Waals surface area contributed by atoms with Crippen LogP contribution in [0.4, 0.5) is 0 Å². The first-order chi connectivity index (χ1) is 9.69. The van der Waals surface area contributed by atoms with Crippen molar-refractivity contribution in [3.8, 4) is 5.75 Å². The molecule has 0 aliphatic heterocycles. The maximum atomic E-state index is 12.0. The molecule has 1 unspecified atom stereocenters. The van der Waals surface area contributed by atoms with Gasteiger partial charge < -0.3 is 10.1 Å². The molecule has 1 N–H and O–H groups in total. The Balaban J connectivity index is 2.41. The van der Waals surface area contributed by atoms with Crippen LogP contribution in [0.2, 0.25) is 0 Å². The van der Waals surface area contributed by atoms with Gasteiger partial charge in [0, 0.05) is 17.0 Å². The Morgan fingerprint density at radius 2 is 2.00 bits per heavy atom. The smallest absolute Gasteiger partial charge is 0.260 e. The molecule has 3 nitrogen and oxygen atoms in total. The summed E-state index contributed by atoms with van der Waals surface area (Å²) >= 11 is 1.84. The van der Waals surface area contributed by atoms with Crippen LogP contribution in [0.3, 0.4) is 0 Å². The molecular weight excluding hydrogens is 282 g/mol. The van der Waals surface area contributed by atoms with Gasteiger partial charge in [-0.3, -0.25) is 4.79 Å². The molecule has 4 heteroatoms. The maximum Gasteiger partial charge on any atom is 0.260 e. The predicted molar refractivity (Wildman–Crippen MR) is 91.2 cm³/mol. The minimum atomic E-state index is -0.481. The van der Waals surface area contributed by atoms with Gasteiger partial charge in [0.25, 0.3) is 5.91 Å². The summed E-state index contributed by atoms with van der Waals surface area (Å²) in [6.07, 6.45) is -0.481. The van der Waals surface area contributed by atoms with Crippen LogP contribution >= 0.6 is 11.8 Å². The molecule has 0 bridgehead atoms. The van der Waals surface area contributed by atoms with Crippen molar-refractivity contribution in [2.24, 2.45) is 0 Å². The van der Waals surface area contributed by atoms with E-state index in [2.05, 4.69) is 32.2 Å². The first-order valence-electron chi connectivity index (χ1n) is 7.34. The van der Waals surface area contributed by atoms with Gasteiger partial charge in [0.1, 0.15) is 5.75 Å². The fourth-order valence-corrected chi connectivity index (χ4v) is 2.67. The van der Waals surface area contributed by atoms with Crippen molar-refractivity contribution in [3.05, 3.63) is 29.3 Å². The molecular formula is C17H27NO2S. The number of rotatable bonds is 6. The first kappa shape index (κ1) is 17.9. The minimum absolute atomic E-state index is 0.0653. The van der Waals surface area contributed by atoms with Crippen molar-refractivity contribution >= 4 is 17.7 Å². The summed E-state index contributed by atoms with van der Waals surface area (Å²) in [7, 11) is 0. The summed E-state index contributed by atoms with van der Waals surface area (Å²) < 4.78 is 5.97. The van der Waals surface area contributed by atoms with E-state index in [1.54, 1.807) is 6.92 Å². The van der Waals surface area contributed by atoms with E-state index >= 15 is 0 Å². The Labute approximate surface area is 132 Å². The minimum Gasteiger partial charge on any atom is -0.481 e. The molecule has 0 radical (unpaired) electrons. The number of thioether (sulfide) groups is 1. The molecule has 0 fully saturated rings. The molecule has 1 amide bonds. The molecule has 1 aromatic rings. The topological polar surface area (TPSA) is 38.3 Å². The normalized spacial score (nSPS) is 12.9. The molecule has 21 heavy (non-hydrogen) atoms. The second kappa shape index (κ2) is 7.74. The van der Waals surface area contributed by atoms with E-state index in [1.807, 2.05) is 37.7 Å². The zero-order valence-electron chi connectivity index (χ0n) is 13.9. The molecule has 0 heterocycles. The fourth-order valence-electron chi connectivity index (χ4n) is 1.85. The first-order valence-corrected chi connectivity index (χ1v) is 8.33. The van der Waals surface area contributed by atoms with Crippen molar-refractivity contribution in [2.45, 2.75) is 52.4 Å². The van der Waals surface area contributed by atoms with E-state index in [4.69, 9.17) is 4.74 Å². The van der Waals surface area contributed by atoms with Gasteiger partial charge in [-0.15, -0.1) is 0 Å². The highest BCUT2D eigenvalue weighted by Gasteiger charge is 2.16. The highest BCUT2D eigenvalue weighted by molar-refractivity contribution is 8.00. The van der Waals surface area contributed by atoms with Crippen LogP contribution in [0.5, 0.6) is 5.75 Å². The van der Waals surface area contributed by atoms with E-state index in [0.717, 1.165) is 17.1 Å². The van der Waals surface area contributed by atoms with Crippen LogP contribution in [0.25, 0.3) is 0 Å². The molecule has 118 valence electrons. The van der Waals surface area contributed by atoms with E-state index in [1.165, 1.54) is 5.56 Å². The number of hydrogen-bond acceptors (Lipinski definition) is 3. The van der Waals surface area contributed by atoms with Crippen LogP contribution in [-0.2, 0) is 4.79 Å². The lowest BCUT2D eigenvalue weighted by molar-refractivity contribution is -0.127. The number of nitrogens with one attached hydrogen (secondary N) is 1. The number of aryl methyl sites for hydroxylation is 2. The Hall–Kier alpha value is -1.16. The van der Waals surface area contributed by atoms with Gasteiger partial charge >= 0.3 is 0 Å². The van der Waals surface area contributed by atoms with Crippen molar-refractivity contribution in [1.29, 1.82) is 0 Å². The van der Waals surface area contributed by atoms with E-state index in [0.29, 0.717) is 6.54 Å². The number of amides is 1. The van der Waals surface area contributed by atoms with E-state index in [-0.39, 0.29) is 10.7 Å². The number of hydrogen-bond donors (Lipinski definition) is 1. The molecule has 1 atom stereocenters. The second-order valence-electron chi connectivity index (χ2n) is 6.28. The molecule has 0 aliphatic rings. The van der Waals surface area contributed by atoms with Crippen LogP contribution in [0.15, 0.2) is 18.2 Å². The highest BCUT2D eigenvalue weighted by atomic mass is 32.2. The summed E-state index contributed by atoms with van der Waals surface area (Å²) in [4.78, 5) is 12.0. The van der Waals surface area contributed by atoms with Gasteiger partial charge in [-0.2, -0.15) is 11.8 Å². The number of carbonyl (C=O) groups excluding carboxylic acids is 1. The van der Waals surface area contributed by atoms with Crippen LogP contribution in [0, 0.1) is 13.8 Å². The second-order valence-corrected chi connectivity index (χ2v) is 8.20. The third kappa shape index (κ3) is 6.89. The van der Waals surface area contributed by atoms with Crippen LogP contribution < -0.4 is 10.1 Å². The van der Waals surface area contributed by atoms with Gasteiger partial charge in [0.05, 0.1) is 0 Å². The van der Waals surface area contributed by atoms with Crippen molar-refractivity contribution in [2.75, 3.05) is 12.3 Å². The van der Waals surface area contributed by atoms with E-state index in [9.17, 15) is 4.79 Å². The van der Waals surface area contributed by atoms with Gasteiger partial charge in [-0.25, -0.2) is 0 Å². The third-order valence-corrected chi connectivity index (χ3v) is 4.21. The monoisotopic (exact) mass is 309 g/mol. The molecule has 0 spiro atoms. The van der Waals surface area contributed by atoms with Gasteiger partial charge in [-0.1, -0.05) is 38.5 Å². The maximum absolute atomic E-state index is 12.0. The third-order valence-electron chi connectivity index (χ3n) is 2.94. The average molecular weight is 309 g/mol. The average Bonchev–Trinajstić information content (AvgIpc) is 2.36. The van der Waals surface area contributed by atoms with Gasteiger partial charge in [0.2, 0.25) is 0 Å². The number of benzene rings is 1. The molecule has 0 saturated heterocycles. The standard InChI is InChI=1S/C17H27NO2S/c1-12-7-8-15(13(2)11-12)20-14(3)16(19)18-9-10-21-17(4,5)6/h7-8,11,14H,9-10H2,1-6H3,(H,18,19). The molecule has 0 aliphatic carbocycles. The van der Waals surface area contributed by atoms with Crippen LogP contribution in [0.1, 0.15) is 38.8 Å². The Morgan fingerprint density at radius 3 is 2.57 bits per heavy atom. The van der Waals surface area contributed by atoms with Crippen molar-refractivity contribution in [1.82, 2.24) is 5.32 Å². The highest BCUT2D eigenvalue weighted by Crippen LogP contribution is 2.22. The molecule has 1 aromatic carbocycles. The zero-order valence-corrected chi connectivity index (χ0v) is 14.8. The van der Waals surface area contributed by atoms with Crippen molar-refractivity contribution < 1.29 is 9.53 Å². The van der Waals surface area contributed by atoms with Gasteiger partial charge in [-0.05, 0) is 32.4 Å². The molecule has 1 rings (SSSR count). The fraction of sp³-hybridized carbons (Fsp3) is 0.588. The lowest BCUT2D eigenvalue weighted by Crippen LogP contribution is -2.37. The summed E-state index contributed by atoms with van der Waals surface area (Å²) in [6.45, 7) is 13.0. The lowest BCUT2D eigenvalue weighted by Gasteiger charge is -2.19. The summed E-state index contributed by atoms with van der Waals surface area (Å²) in [5, 5.41) is 2.92. The number of carbonyl (C=O) groups is 1. The zero-order chi connectivity index (χ0) is 16.0. The van der Waals surface area contributed by atoms with Crippen molar-refractivity contribution in [3.63, 3.8) is 0 Å². The molecule has 0 saturated carbocycles. The summed E-state index contributed by atoms with van der Waals surface area (Å²) in [6, 6.07) is 5.97. The lowest BCUT2D eigenvalue weighted by atomic mass is 10.1. The Kier molecular flexibility index (Phi) is 6.59. The largest absolute Gasteiger partial charge is 0.481 e. The summed E-state index contributed by atoms with van der Waals surface area (Å²) in [5.74, 6) is 1.61. The Morgan fingerprint density at radius 1 is 1.33 bits per heavy atom. The predicted octanol–water partition coefficient (Wildman–Crippen LogP) is 3.72. The van der Waals surface area contributed by atoms with Gasteiger partial charge in [0.15, 0.2) is 6.10 Å². The van der Waals surface area contributed by atoms with E-state index < -0.39 is 6.10 Å². The molecule has 0 aromatic heterocycles. The summed E-state index contributed by atoms with van der Waals surface area (Å²) in [5.41, 5.74) is 2.24. The van der Waals surface area contributed by atoms with Crippen LogP contribution in [-0.4, -0.2) is 29.1 Å². The number of ether oxygens (including phenoxy) is 1. The quantitative estimate of drug-likeness (QED) is 0.814. The Bertz CT molecular complexity index is 480.